The van der Waals surface area contributed by atoms with Crippen molar-refractivity contribution in [1.82, 2.24) is 0 Å². The highest BCUT2D eigenvalue weighted by atomic mass is 32.1. The predicted molar refractivity (Wildman–Crippen MR) is 224 cm³/mol. The Morgan fingerprint density at radius 2 is 0.860 bits per heavy atom. The summed E-state index contributed by atoms with van der Waals surface area (Å²) in [5, 5.41) is 7.45. The number of unbranched alkanes of at least 4 members (excludes halogenated alkanes) is 10. The van der Waals surface area contributed by atoms with E-state index in [0.29, 0.717) is 0 Å². The van der Waals surface area contributed by atoms with Crippen LogP contribution in [0.25, 0.3) is 62.6 Å². The largest absolute Gasteiger partial charge is 0.297 e. The van der Waals surface area contributed by atoms with Gasteiger partial charge in [0.05, 0.1) is 9.75 Å². The Kier molecular flexibility index (Phi) is 11.6. The van der Waals surface area contributed by atoms with Gasteiger partial charge in [-0.3, -0.25) is 9.59 Å². The first-order valence-corrected chi connectivity index (χ1v) is 21.9. The van der Waals surface area contributed by atoms with Crippen molar-refractivity contribution in [2.75, 3.05) is 0 Å². The van der Waals surface area contributed by atoms with Gasteiger partial charge in [0, 0.05) is 40.0 Å². The van der Waals surface area contributed by atoms with Gasteiger partial charge < -0.3 is 0 Å². The lowest BCUT2D eigenvalue weighted by Crippen LogP contribution is -1.89. The normalized spacial score (nSPS) is 11.9. The first-order chi connectivity index (χ1) is 24.6. The Hall–Kier alpha value is -3.16. The molecular formula is C44H46O2S4. The number of thiophene rings is 4. The summed E-state index contributed by atoms with van der Waals surface area (Å²) in [5.74, 6) is 0. The molecule has 0 aliphatic heterocycles. The number of fused-ring (bicyclic) bond motifs is 4. The summed E-state index contributed by atoms with van der Waals surface area (Å²) >= 11 is 7.02. The maximum atomic E-state index is 11.9. The van der Waals surface area contributed by atoms with Gasteiger partial charge in [-0.2, -0.15) is 0 Å². The molecule has 4 heterocycles. The molecule has 0 amide bonds. The van der Waals surface area contributed by atoms with E-state index in [0.717, 1.165) is 44.9 Å². The molecule has 2 nitrogen and oxygen atoms in total. The lowest BCUT2D eigenvalue weighted by Gasteiger charge is -2.16. The second-order valence-electron chi connectivity index (χ2n) is 13.7. The number of rotatable bonds is 18. The maximum Gasteiger partial charge on any atom is 0.160 e. The lowest BCUT2D eigenvalue weighted by molar-refractivity contribution is 0.111. The molecule has 7 rings (SSSR count). The minimum absolute atomic E-state index is 0.746. The fraction of sp³-hybridized carbons (Fsp3) is 0.364. The highest BCUT2D eigenvalue weighted by Gasteiger charge is 2.22. The van der Waals surface area contributed by atoms with Crippen LogP contribution in [0, 0.1) is 0 Å². The molecule has 0 saturated carbocycles. The van der Waals surface area contributed by atoms with Crippen LogP contribution in [0.4, 0.5) is 0 Å². The van der Waals surface area contributed by atoms with Crippen LogP contribution in [0.5, 0.6) is 0 Å². The van der Waals surface area contributed by atoms with E-state index in [9.17, 15) is 9.59 Å². The van der Waals surface area contributed by atoms with Gasteiger partial charge in [-0.05, 0) is 119 Å². The molecule has 0 fully saturated rings. The van der Waals surface area contributed by atoms with Crippen molar-refractivity contribution in [2.24, 2.45) is 0 Å². The van der Waals surface area contributed by atoms with Crippen molar-refractivity contribution in [3.8, 4) is 20.9 Å². The minimum atomic E-state index is 0.746. The summed E-state index contributed by atoms with van der Waals surface area (Å²) in [5.41, 5.74) is 2.42. The Morgan fingerprint density at radius 3 is 1.26 bits per heavy atom. The number of carbonyl (C=O) groups is 2. The number of hydrogen-bond acceptors (Lipinski definition) is 6. The molecule has 0 aliphatic carbocycles. The first-order valence-electron chi connectivity index (χ1n) is 18.6. The molecule has 0 N–H and O–H groups in total. The third kappa shape index (κ3) is 7.55. The van der Waals surface area contributed by atoms with Crippen LogP contribution in [0.2, 0.25) is 0 Å². The molecule has 0 spiro atoms. The van der Waals surface area contributed by atoms with Gasteiger partial charge in [-0.25, -0.2) is 0 Å². The Morgan fingerprint density at radius 1 is 0.460 bits per heavy atom. The van der Waals surface area contributed by atoms with Crippen LogP contribution in [0.15, 0.2) is 60.7 Å². The van der Waals surface area contributed by atoms with Gasteiger partial charge in [0.15, 0.2) is 12.6 Å². The van der Waals surface area contributed by atoms with E-state index in [-0.39, 0.29) is 0 Å². The van der Waals surface area contributed by atoms with Crippen molar-refractivity contribution in [3.63, 3.8) is 0 Å². The molecule has 7 aromatic rings. The second kappa shape index (κ2) is 16.5. The SMILES string of the molecule is CCCCCCCCc1cc2cc3c(-c4ccc(C=O)s4)c4cc5sc(CCCCCCCC)cc5cc4c(-c4ccc(C=O)s4)c3cc2s1. The van der Waals surface area contributed by atoms with E-state index in [1.807, 2.05) is 34.8 Å². The summed E-state index contributed by atoms with van der Waals surface area (Å²) < 4.78 is 2.63. The molecule has 0 aliphatic rings. The molecule has 50 heavy (non-hydrogen) atoms. The van der Waals surface area contributed by atoms with E-state index in [1.165, 1.54) is 140 Å². The van der Waals surface area contributed by atoms with Crippen molar-refractivity contribution in [3.05, 3.63) is 80.2 Å². The Bertz CT molecular complexity index is 2010. The highest BCUT2D eigenvalue weighted by Crippen LogP contribution is 2.49. The van der Waals surface area contributed by atoms with Crippen molar-refractivity contribution >= 4 is 99.6 Å². The molecule has 258 valence electrons. The van der Waals surface area contributed by atoms with E-state index < -0.39 is 0 Å². The van der Waals surface area contributed by atoms with Gasteiger partial charge in [0.2, 0.25) is 0 Å². The van der Waals surface area contributed by atoms with E-state index >= 15 is 0 Å². The molecule has 4 aromatic heterocycles. The van der Waals surface area contributed by atoms with Crippen molar-refractivity contribution in [2.45, 2.75) is 104 Å². The third-order valence-corrected chi connectivity index (χ3v) is 14.4. The number of aldehydes is 2. The molecule has 0 unspecified atom stereocenters. The quantitative estimate of drug-likeness (QED) is 0.0500. The highest BCUT2D eigenvalue weighted by molar-refractivity contribution is 7.20. The average Bonchev–Trinajstić information content (AvgIpc) is 3.94. The summed E-state index contributed by atoms with van der Waals surface area (Å²) in [4.78, 5) is 30.5. The average molecular weight is 735 g/mol. The standard InChI is InChI=1S/C44H46O2S4/c1-3-5-7-9-11-13-15-31-21-29-23-35-37(25-41(29)47-31)44(40-20-18-34(28-46)50-40)36-24-30-22-32(16-14-12-10-8-6-4-2)48-42(30)26-38(36)43(35)39-19-17-33(27-45)49-39/h17-28H,3-16H2,1-2H3. The predicted octanol–water partition coefficient (Wildman–Crippen LogP) is 15.3. The Labute approximate surface area is 312 Å². The molecule has 0 radical (unpaired) electrons. The zero-order valence-electron chi connectivity index (χ0n) is 29.3. The fourth-order valence-electron chi connectivity index (χ4n) is 7.44. The number of aryl methyl sites for hydroxylation is 2. The maximum absolute atomic E-state index is 11.9. The van der Waals surface area contributed by atoms with Crippen LogP contribution in [-0.4, -0.2) is 12.6 Å². The van der Waals surface area contributed by atoms with Gasteiger partial charge in [-0.1, -0.05) is 78.1 Å². The topological polar surface area (TPSA) is 34.1 Å². The molecular weight excluding hydrogens is 689 g/mol. The fourth-order valence-corrected chi connectivity index (χ4v) is 11.5. The number of hydrogen-bond donors (Lipinski definition) is 0. The van der Waals surface area contributed by atoms with Crippen molar-refractivity contribution < 1.29 is 9.59 Å². The first kappa shape index (κ1) is 35.3. The summed E-state index contributed by atoms with van der Waals surface area (Å²) in [6, 6.07) is 22.6. The van der Waals surface area contributed by atoms with Crippen molar-refractivity contribution in [1.29, 1.82) is 0 Å². The number of carbonyl (C=O) groups excluding carboxylic acids is 2. The molecule has 0 atom stereocenters. The van der Waals surface area contributed by atoms with Gasteiger partial charge >= 0.3 is 0 Å². The summed E-state index contributed by atoms with van der Waals surface area (Å²) in [6.07, 6.45) is 19.8. The molecule has 0 bridgehead atoms. The van der Waals surface area contributed by atoms with E-state index in [1.54, 1.807) is 22.7 Å². The lowest BCUT2D eigenvalue weighted by atomic mass is 9.89. The van der Waals surface area contributed by atoms with E-state index in [4.69, 9.17) is 0 Å². The molecule has 6 heteroatoms. The van der Waals surface area contributed by atoms with Crippen LogP contribution < -0.4 is 0 Å². The smallest absolute Gasteiger partial charge is 0.160 e. The zero-order chi connectivity index (χ0) is 34.5. The molecule has 0 saturated heterocycles. The van der Waals surface area contributed by atoms with E-state index in [2.05, 4.69) is 62.4 Å². The second-order valence-corrected chi connectivity index (χ2v) is 18.3. The van der Waals surface area contributed by atoms with Crippen LogP contribution in [0.1, 0.15) is 120 Å². The zero-order valence-corrected chi connectivity index (χ0v) is 32.5. The number of benzene rings is 3. The molecule has 3 aromatic carbocycles. The third-order valence-electron chi connectivity index (χ3n) is 10.0. The van der Waals surface area contributed by atoms with Gasteiger partial charge in [-0.15, -0.1) is 45.3 Å². The van der Waals surface area contributed by atoms with Crippen LogP contribution in [-0.2, 0) is 12.8 Å². The Balaban J connectivity index is 1.39. The van der Waals surface area contributed by atoms with Crippen LogP contribution in [0.3, 0.4) is 0 Å². The van der Waals surface area contributed by atoms with Gasteiger partial charge in [0.25, 0.3) is 0 Å². The monoisotopic (exact) mass is 734 g/mol. The van der Waals surface area contributed by atoms with Gasteiger partial charge in [0.1, 0.15) is 0 Å². The summed E-state index contributed by atoms with van der Waals surface area (Å²) in [6.45, 7) is 4.55. The summed E-state index contributed by atoms with van der Waals surface area (Å²) in [7, 11) is 0. The minimum Gasteiger partial charge on any atom is -0.297 e. The van der Waals surface area contributed by atoms with Crippen LogP contribution >= 0.6 is 45.3 Å².